The summed E-state index contributed by atoms with van der Waals surface area (Å²) in [4.78, 5) is 33.1. The summed E-state index contributed by atoms with van der Waals surface area (Å²) >= 11 is 0. The van der Waals surface area contributed by atoms with Crippen molar-refractivity contribution in [2.75, 3.05) is 19.7 Å². The number of rotatable bonds is 5. The second-order valence-corrected chi connectivity index (χ2v) is 8.59. The molecule has 0 radical (unpaired) electrons. The fraction of sp³-hybridized carbons (Fsp3) is 0.269. The molecule has 33 heavy (non-hydrogen) atoms. The number of aliphatic hydroxyl groups excluding tert-OH is 1. The molecule has 0 bridgehead atoms. The monoisotopic (exact) mass is 445 g/mol. The maximum Gasteiger partial charge on any atom is 0.242 e. The third-order valence-electron chi connectivity index (χ3n) is 6.64. The third-order valence-corrected chi connectivity index (χ3v) is 6.64. The van der Waals surface area contributed by atoms with Gasteiger partial charge in [-0.25, -0.2) is 4.39 Å². The Morgan fingerprint density at radius 1 is 1.09 bits per heavy atom. The minimum atomic E-state index is -0.307. The van der Waals surface area contributed by atoms with E-state index in [4.69, 9.17) is 0 Å². The van der Waals surface area contributed by atoms with Crippen LogP contribution in [0.25, 0.3) is 11.1 Å². The van der Waals surface area contributed by atoms with Gasteiger partial charge >= 0.3 is 0 Å². The molecule has 3 atom stereocenters. The highest BCUT2D eigenvalue weighted by Crippen LogP contribution is 2.43. The van der Waals surface area contributed by atoms with Crippen LogP contribution in [0.2, 0.25) is 0 Å². The van der Waals surface area contributed by atoms with Crippen LogP contribution in [0, 0.1) is 5.82 Å². The molecule has 2 amide bonds. The number of nitrogens with zero attached hydrogens (tertiary/aromatic N) is 3. The van der Waals surface area contributed by atoms with E-state index in [2.05, 4.69) is 4.98 Å². The summed E-state index contributed by atoms with van der Waals surface area (Å²) < 4.78 is 13.6. The lowest BCUT2D eigenvalue weighted by Gasteiger charge is -2.58. The van der Waals surface area contributed by atoms with Crippen LogP contribution < -0.4 is 0 Å². The largest absolute Gasteiger partial charge is 0.394 e. The van der Waals surface area contributed by atoms with E-state index >= 15 is 0 Å². The molecule has 3 aromatic rings. The van der Waals surface area contributed by atoms with Crippen molar-refractivity contribution in [1.29, 1.82) is 0 Å². The number of amides is 2. The van der Waals surface area contributed by atoms with E-state index < -0.39 is 0 Å². The molecule has 1 aromatic heterocycles. The smallest absolute Gasteiger partial charge is 0.242 e. The van der Waals surface area contributed by atoms with Crippen molar-refractivity contribution < 1.29 is 19.1 Å². The molecule has 2 aromatic carbocycles. The van der Waals surface area contributed by atoms with Crippen molar-refractivity contribution in [1.82, 2.24) is 14.8 Å². The Morgan fingerprint density at radius 2 is 1.91 bits per heavy atom. The number of aromatic nitrogens is 1. The topological polar surface area (TPSA) is 73.7 Å². The lowest BCUT2D eigenvalue weighted by atomic mass is 9.73. The zero-order valence-electron chi connectivity index (χ0n) is 18.0. The van der Waals surface area contributed by atoms with E-state index in [0.29, 0.717) is 6.54 Å². The zero-order valence-corrected chi connectivity index (χ0v) is 18.0. The highest BCUT2D eigenvalue weighted by Gasteiger charge is 2.54. The molecule has 2 aliphatic rings. The van der Waals surface area contributed by atoms with Gasteiger partial charge in [-0.05, 0) is 40.5 Å². The van der Waals surface area contributed by atoms with E-state index in [1.165, 1.54) is 12.1 Å². The number of halogens is 1. The first kappa shape index (κ1) is 21.3. The van der Waals surface area contributed by atoms with Gasteiger partial charge in [-0.15, -0.1) is 0 Å². The molecule has 0 unspecified atom stereocenters. The highest BCUT2D eigenvalue weighted by atomic mass is 19.1. The molecule has 2 aliphatic heterocycles. The number of aliphatic hydroxyl groups is 1. The van der Waals surface area contributed by atoms with Crippen LogP contribution in [0.1, 0.15) is 17.0 Å². The van der Waals surface area contributed by atoms with E-state index in [1.54, 1.807) is 34.3 Å². The molecule has 2 fully saturated rings. The van der Waals surface area contributed by atoms with Crippen molar-refractivity contribution >= 4 is 11.8 Å². The Kier molecular flexibility index (Phi) is 5.64. The lowest BCUT2D eigenvalue weighted by molar-refractivity contribution is -0.166. The molecule has 0 spiro atoms. The number of carbonyl (C=O) groups is 2. The van der Waals surface area contributed by atoms with Gasteiger partial charge in [-0.1, -0.05) is 42.5 Å². The zero-order chi connectivity index (χ0) is 22.9. The number of pyridine rings is 1. The summed E-state index contributed by atoms with van der Waals surface area (Å²) in [6.45, 7) is 0.317. The summed E-state index contributed by atoms with van der Waals surface area (Å²) in [5.41, 5.74) is 3.48. The Hall–Kier alpha value is -3.58. The molecule has 5 rings (SSSR count). The first-order valence-electron chi connectivity index (χ1n) is 11.0. The molecule has 7 heteroatoms. The quantitative estimate of drug-likeness (QED) is 0.655. The minimum absolute atomic E-state index is 0.0251. The summed E-state index contributed by atoms with van der Waals surface area (Å²) in [7, 11) is 0. The number of piperazine rings is 1. The first-order chi connectivity index (χ1) is 16.0. The Labute approximate surface area is 191 Å². The molecule has 1 N–H and O–H groups in total. The predicted molar refractivity (Wildman–Crippen MR) is 121 cm³/mol. The van der Waals surface area contributed by atoms with Crippen molar-refractivity contribution in [2.45, 2.75) is 24.4 Å². The number of fused-ring (bicyclic) bond motifs is 1. The standard InChI is InChI=1S/C26H24FN3O3/c27-21-5-1-4-20(12-21)18-6-8-19(9-7-18)26-22-14-29(15-25(33)30(22)23(26)16-31)24(32)11-17-3-2-10-28-13-17/h1-10,12-13,22-23,26,31H,11,14-16H2/t22-,23-,26+/m0/s1. The van der Waals surface area contributed by atoms with Crippen LogP contribution in [0.5, 0.6) is 0 Å². The van der Waals surface area contributed by atoms with Crippen LogP contribution in [0.3, 0.4) is 0 Å². The van der Waals surface area contributed by atoms with Gasteiger partial charge in [-0.3, -0.25) is 14.6 Å². The second kappa shape index (κ2) is 8.75. The van der Waals surface area contributed by atoms with Gasteiger partial charge in [0.05, 0.1) is 31.7 Å². The lowest BCUT2D eigenvalue weighted by Crippen LogP contribution is -2.73. The van der Waals surface area contributed by atoms with Crippen LogP contribution in [0.15, 0.2) is 73.1 Å². The van der Waals surface area contributed by atoms with E-state index in [1.807, 2.05) is 36.4 Å². The molecule has 168 valence electrons. The van der Waals surface area contributed by atoms with Crippen LogP contribution in [0.4, 0.5) is 4.39 Å². The normalized spacial score (nSPS) is 22.0. The van der Waals surface area contributed by atoms with Crippen LogP contribution in [-0.2, 0) is 16.0 Å². The van der Waals surface area contributed by atoms with Gasteiger partial charge in [0.25, 0.3) is 0 Å². The van der Waals surface area contributed by atoms with Gasteiger partial charge in [0.2, 0.25) is 11.8 Å². The van der Waals surface area contributed by atoms with E-state index in [9.17, 15) is 19.1 Å². The molecule has 3 heterocycles. The Morgan fingerprint density at radius 3 is 2.61 bits per heavy atom. The number of carbonyl (C=O) groups excluding carboxylic acids is 2. The number of hydrogen-bond acceptors (Lipinski definition) is 4. The summed E-state index contributed by atoms with van der Waals surface area (Å²) in [5.74, 6) is -0.612. The van der Waals surface area contributed by atoms with Gasteiger partial charge in [0.15, 0.2) is 0 Å². The van der Waals surface area contributed by atoms with Gasteiger partial charge in [-0.2, -0.15) is 0 Å². The van der Waals surface area contributed by atoms with Crippen LogP contribution >= 0.6 is 0 Å². The van der Waals surface area contributed by atoms with Crippen molar-refractivity contribution in [3.05, 3.63) is 90.0 Å². The van der Waals surface area contributed by atoms with Crippen LogP contribution in [-0.4, -0.2) is 63.5 Å². The fourth-order valence-corrected chi connectivity index (χ4v) is 5.04. The Balaban J connectivity index is 1.35. The third kappa shape index (κ3) is 4.00. The summed E-state index contributed by atoms with van der Waals surface area (Å²) in [6.07, 6.45) is 3.51. The number of hydrogen-bond donors (Lipinski definition) is 1. The average molecular weight is 445 g/mol. The van der Waals surface area contributed by atoms with Gasteiger partial charge in [0, 0.05) is 24.9 Å². The van der Waals surface area contributed by atoms with E-state index in [0.717, 1.165) is 22.3 Å². The summed E-state index contributed by atoms with van der Waals surface area (Å²) in [6, 6.07) is 17.4. The minimum Gasteiger partial charge on any atom is -0.394 e. The van der Waals surface area contributed by atoms with Crippen molar-refractivity contribution in [3.8, 4) is 11.1 Å². The van der Waals surface area contributed by atoms with E-state index in [-0.39, 0.29) is 55.2 Å². The molecular weight excluding hydrogens is 421 g/mol. The van der Waals surface area contributed by atoms with Crippen molar-refractivity contribution in [3.63, 3.8) is 0 Å². The maximum atomic E-state index is 13.6. The molecule has 0 saturated carbocycles. The molecule has 0 aliphatic carbocycles. The van der Waals surface area contributed by atoms with Crippen molar-refractivity contribution in [2.24, 2.45) is 0 Å². The Bertz CT molecular complexity index is 1170. The number of benzene rings is 2. The predicted octanol–water partition coefficient (Wildman–Crippen LogP) is 2.63. The second-order valence-electron chi connectivity index (χ2n) is 8.59. The van der Waals surface area contributed by atoms with Gasteiger partial charge in [0.1, 0.15) is 5.82 Å². The summed E-state index contributed by atoms with van der Waals surface area (Å²) in [5, 5.41) is 9.98. The molecule has 6 nitrogen and oxygen atoms in total. The molecule has 2 saturated heterocycles. The molecular formula is C26H24FN3O3. The first-order valence-corrected chi connectivity index (χ1v) is 11.0. The highest BCUT2D eigenvalue weighted by molar-refractivity contribution is 5.88. The SMILES string of the molecule is O=C(Cc1cccnc1)N1CC(=O)N2[C@@H](CO)[C@H](c3ccc(-c4cccc(F)c4)cc3)[C@@H]2C1. The fourth-order valence-electron chi connectivity index (χ4n) is 5.04. The maximum absolute atomic E-state index is 13.6. The average Bonchev–Trinajstić information content (AvgIpc) is 2.81. The van der Waals surface area contributed by atoms with Gasteiger partial charge < -0.3 is 14.9 Å².